The number of ether oxygens (including phenoxy) is 1. The first-order valence-corrected chi connectivity index (χ1v) is 5.08. The van der Waals surface area contributed by atoms with Crippen molar-refractivity contribution in [1.29, 1.82) is 0 Å². The van der Waals surface area contributed by atoms with Crippen LogP contribution < -0.4 is 5.69 Å². The lowest BCUT2D eigenvalue weighted by Crippen LogP contribution is -2.33. The van der Waals surface area contributed by atoms with Crippen LogP contribution in [0.15, 0.2) is 4.79 Å². The summed E-state index contributed by atoms with van der Waals surface area (Å²) in [5, 5.41) is 5.15. The number of nitrogens with zero attached hydrogens (tertiary/aromatic N) is 1. The maximum atomic E-state index is 11.5. The van der Waals surface area contributed by atoms with Crippen LogP contribution in [-0.4, -0.2) is 28.0 Å². The molecule has 2 rings (SSSR count). The van der Waals surface area contributed by atoms with Crippen LogP contribution >= 0.6 is 12.2 Å². The van der Waals surface area contributed by atoms with E-state index in [0.717, 1.165) is 6.42 Å². The van der Waals surface area contributed by atoms with Crippen LogP contribution in [-0.2, 0) is 4.74 Å². The van der Waals surface area contributed by atoms with Gasteiger partial charge in [0.05, 0.1) is 6.61 Å². The van der Waals surface area contributed by atoms with Crippen molar-refractivity contribution in [3.05, 3.63) is 15.3 Å². The second-order valence-electron chi connectivity index (χ2n) is 3.64. The highest BCUT2D eigenvalue weighted by Gasteiger charge is 2.25. The smallest absolute Gasteiger partial charge is 0.342 e. The predicted molar refractivity (Wildman–Crippen MR) is 53.9 cm³/mol. The Morgan fingerprint density at radius 1 is 1.57 bits per heavy atom. The van der Waals surface area contributed by atoms with Gasteiger partial charge in [-0.1, -0.05) is 6.92 Å². The molecule has 1 saturated heterocycles. The van der Waals surface area contributed by atoms with Crippen molar-refractivity contribution in [2.75, 3.05) is 13.2 Å². The topological polar surface area (TPSA) is 62.8 Å². The molecule has 1 aliphatic heterocycles. The minimum atomic E-state index is -0.159. The van der Waals surface area contributed by atoms with Gasteiger partial charge in [0.2, 0.25) is 0 Å². The lowest BCUT2D eigenvalue weighted by Gasteiger charge is -2.28. The van der Waals surface area contributed by atoms with Gasteiger partial charge >= 0.3 is 5.69 Å². The number of aromatic amines is 2. The third-order valence-electron chi connectivity index (χ3n) is 2.64. The van der Waals surface area contributed by atoms with Gasteiger partial charge in [0.1, 0.15) is 0 Å². The normalized spacial score (nSPS) is 27.8. The van der Waals surface area contributed by atoms with Gasteiger partial charge in [0, 0.05) is 18.6 Å². The van der Waals surface area contributed by atoms with E-state index in [0.29, 0.717) is 23.9 Å². The van der Waals surface area contributed by atoms with Crippen molar-refractivity contribution in [1.82, 2.24) is 14.8 Å². The van der Waals surface area contributed by atoms with Gasteiger partial charge in [-0.3, -0.25) is 9.67 Å². The number of hydrogen-bond donors (Lipinski definition) is 2. The Balaban J connectivity index is 2.38. The zero-order valence-corrected chi connectivity index (χ0v) is 8.76. The molecule has 2 unspecified atom stereocenters. The van der Waals surface area contributed by atoms with E-state index in [1.807, 2.05) is 0 Å². The summed E-state index contributed by atoms with van der Waals surface area (Å²) in [5.41, 5.74) is -0.159. The minimum Gasteiger partial charge on any atom is -0.381 e. The Labute approximate surface area is 86.1 Å². The number of hydrogen-bond acceptors (Lipinski definition) is 3. The highest BCUT2D eigenvalue weighted by atomic mass is 32.1. The van der Waals surface area contributed by atoms with Crippen LogP contribution in [0.5, 0.6) is 0 Å². The molecule has 5 nitrogen and oxygen atoms in total. The SMILES string of the molecule is CC1COCCC1n1c(=O)[nH][nH]c1=S. The van der Waals surface area contributed by atoms with Gasteiger partial charge < -0.3 is 4.74 Å². The van der Waals surface area contributed by atoms with Crippen molar-refractivity contribution >= 4 is 12.2 Å². The van der Waals surface area contributed by atoms with E-state index in [-0.39, 0.29) is 11.7 Å². The van der Waals surface area contributed by atoms with Gasteiger partial charge in [-0.2, -0.15) is 0 Å². The van der Waals surface area contributed by atoms with Gasteiger partial charge in [-0.05, 0) is 18.6 Å². The predicted octanol–water partition coefficient (Wildman–Crippen LogP) is 0.831. The molecule has 2 atom stereocenters. The third-order valence-corrected chi connectivity index (χ3v) is 2.94. The van der Waals surface area contributed by atoms with E-state index in [9.17, 15) is 4.79 Å². The Morgan fingerprint density at radius 3 is 2.93 bits per heavy atom. The first-order chi connectivity index (χ1) is 6.70. The molecule has 1 aliphatic rings. The fourth-order valence-electron chi connectivity index (χ4n) is 1.87. The standard InChI is InChI=1S/C8H13N3O2S/c1-5-4-13-3-2-6(5)11-7(12)9-10-8(11)14/h5-6H,2-4H2,1H3,(H,9,12)(H,10,14). The molecular weight excluding hydrogens is 202 g/mol. The Morgan fingerprint density at radius 2 is 2.36 bits per heavy atom. The summed E-state index contributed by atoms with van der Waals surface area (Å²) in [7, 11) is 0. The van der Waals surface area contributed by atoms with E-state index in [2.05, 4.69) is 17.1 Å². The summed E-state index contributed by atoms with van der Waals surface area (Å²) in [6, 6.07) is 0.159. The van der Waals surface area contributed by atoms with Crippen molar-refractivity contribution in [3.63, 3.8) is 0 Å². The fourth-order valence-corrected chi connectivity index (χ4v) is 2.14. The molecule has 0 radical (unpaired) electrons. The number of nitrogens with one attached hydrogen (secondary N) is 2. The second-order valence-corrected chi connectivity index (χ2v) is 4.03. The summed E-state index contributed by atoms with van der Waals surface area (Å²) in [6.45, 7) is 3.45. The average Bonchev–Trinajstić information content (AvgIpc) is 2.48. The third kappa shape index (κ3) is 1.55. The summed E-state index contributed by atoms with van der Waals surface area (Å²) < 4.78 is 7.40. The molecule has 1 fully saturated rings. The molecular formula is C8H13N3O2S. The maximum absolute atomic E-state index is 11.5. The first-order valence-electron chi connectivity index (χ1n) is 4.67. The molecule has 0 aromatic carbocycles. The molecule has 6 heteroatoms. The van der Waals surface area contributed by atoms with Gasteiger partial charge in [0.15, 0.2) is 4.77 Å². The average molecular weight is 215 g/mol. The Kier molecular flexibility index (Phi) is 2.56. The summed E-state index contributed by atoms with van der Waals surface area (Å²) in [4.78, 5) is 11.5. The summed E-state index contributed by atoms with van der Waals surface area (Å²) in [5.74, 6) is 0.326. The van der Waals surface area contributed by atoms with Crippen molar-refractivity contribution in [2.45, 2.75) is 19.4 Å². The molecule has 0 amide bonds. The number of H-pyrrole nitrogens is 2. The van der Waals surface area contributed by atoms with Crippen molar-refractivity contribution in [2.24, 2.45) is 5.92 Å². The quantitative estimate of drug-likeness (QED) is 0.682. The zero-order valence-electron chi connectivity index (χ0n) is 7.95. The molecule has 14 heavy (non-hydrogen) atoms. The van der Waals surface area contributed by atoms with Crippen LogP contribution in [0.4, 0.5) is 0 Å². The zero-order chi connectivity index (χ0) is 10.1. The van der Waals surface area contributed by atoms with E-state index in [1.54, 1.807) is 4.57 Å². The first kappa shape index (κ1) is 9.67. The molecule has 78 valence electrons. The lowest BCUT2D eigenvalue weighted by molar-refractivity contribution is 0.0273. The second kappa shape index (κ2) is 3.70. The van der Waals surface area contributed by atoms with E-state index >= 15 is 0 Å². The van der Waals surface area contributed by atoms with E-state index in [4.69, 9.17) is 17.0 Å². The molecule has 0 aliphatic carbocycles. The number of rotatable bonds is 1. The highest BCUT2D eigenvalue weighted by molar-refractivity contribution is 7.71. The van der Waals surface area contributed by atoms with Crippen LogP contribution in [0.3, 0.4) is 0 Å². The van der Waals surface area contributed by atoms with Crippen LogP contribution in [0.25, 0.3) is 0 Å². The summed E-state index contributed by atoms with van der Waals surface area (Å²) in [6.07, 6.45) is 0.844. The molecule has 2 N–H and O–H groups in total. The molecule has 1 aromatic rings. The van der Waals surface area contributed by atoms with Crippen molar-refractivity contribution in [3.8, 4) is 0 Å². The number of aromatic nitrogens is 3. The van der Waals surface area contributed by atoms with E-state index < -0.39 is 0 Å². The van der Waals surface area contributed by atoms with Gasteiger partial charge in [-0.25, -0.2) is 9.89 Å². The van der Waals surface area contributed by atoms with Crippen LogP contribution in [0.1, 0.15) is 19.4 Å². The van der Waals surface area contributed by atoms with Gasteiger partial charge in [-0.15, -0.1) is 0 Å². The fraction of sp³-hybridized carbons (Fsp3) is 0.750. The maximum Gasteiger partial charge on any atom is 0.342 e. The highest BCUT2D eigenvalue weighted by Crippen LogP contribution is 2.24. The molecule has 0 bridgehead atoms. The van der Waals surface area contributed by atoms with Crippen LogP contribution in [0, 0.1) is 10.7 Å². The van der Waals surface area contributed by atoms with Gasteiger partial charge in [0.25, 0.3) is 0 Å². The minimum absolute atomic E-state index is 0.159. The largest absolute Gasteiger partial charge is 0.381 e. The molecule has 1 aromatic heterocycles. The summed E-state index contributed by atoms with van der Waals surface area (Å²) >= 11 is 5.04. The molecule has 0 spiro atoms. The van der Waals surface area contributed by atoms with Crippen LogP contribution in [0.2, 0.25) is 0 Å². The van der Waals surface area contributed by atoms with Crippen molar-refractivity contribution < 1.29 is 4.74 Å². The molecule has 2 heterocycles. The lowest BCUT2D eigenvalue weighted by atomic mass is 9.98. The Bertz CT molecular complexity index is 391. The Hall–Kier alpha value is -0.880. The van der Waals surface area contributed by atoms with E-state index in [1.165, 1.54) is 0 Å². The molecule has 0 saturated carbocycles. The monoisotopic (exact) mass is 215 g/mol.